The molecule has 0 radical (unpaired) electrons. The van der Waals surface area contributed by atoms with Crippen LogP contribution in [-0.4, -0.2) is 38.3 Å². The van der Waals surface area contributed by atoms with E-state index in [1.165, 1.54) is 0 Å². The molecule has 2 atom stereocenters. The first kappa shape index (κ1) is 12.5. The van der Waals surface area contributed by atoms with Crippen LogP contribution in [0.25, 0.3) is 0 Å². The van der Waals surface area contributed by atoms with Gasteiger partial charge >= 0.3 is 0 Å². The van der Waals surface area contributed by atoms with Gasteiger partial charge in [0.05, 0.1) is 11.5 Å². The largest absolute Gasteiger partial charge is 0.377 e. The normalized spacial score (nSPS) is 27.7. The van der Waals surface area contributed by atoms with Crippen molar-refractivity contribution in [2.24, 2.45) is 5.41 Å². The second-order valence-electron chi connectivity index (χ2n) is 4.46. The Kier molecular flexibility index (Phi) is 4.54. The maximum absolute atomic E-state index is 11.9. The number of rotatable bonds is 5. The molecule has 0 saturated carbocycles. The molecule has 0 aromatic rings. The molecule has 88 valence electrons. The van der Waals surface area contributed by atoms with E-state index in [0.29, 0.717) is 13.2 Å². The van der Waals surface area contributed by atoms with Crippen LogP contribution in [0, 0.1) is 5.41 Å². The number of carbonyl (C=O) groups excluding carboxylic acids is 1. The van der Waals surface area contributed by atoms with Crippen molar-refractivity contribution in [3.63, 3.8) is 0 Å². The SMILES string of the molecule is CCOC(C)CNC(=O)C1(C)CCNC1. The molecule has 2 unspecified atom stereocenters. The molecule has 1 amide bonds. The van der Waals surface area contributed by atoms with Crippen LogP contribution >= 0.6 is 0 Å². The summed E-state index contributed by atoms with van der Waals surface area (Å²) in [7, 11) is 0. The van der Waals surface area contributed by atoms with Crippen LogP contribution in [0.3, 0.4) is 0 Å². The highest BCUT2D eigenvalue weighted by atomic mass is 16.5. The lowest BCUT2D eigenvalue weighted by atomic mass is 9.89. The maximum atomic E-state index is 11.9. The molecule has 1 heterocycles. The quantitative estimate of drug-likeness (QED) is 0.702. The maximum Gasteiger partial charge on any atom is 0.227 e. The Balaban J connectivity index is 2.29. The number of carbonyl (C=O) groups is 1. The van der Waals surface area contributed by atoms with E-state index in [0.717, 1.165) is 19.5 Å². The molecule has 0 spiro atoms. The summed E-state index contributed by atoms with van der Waals surface area (Å²) >= 11 is 0. The van der Waals surface area contributed by atoms with E-state index in [1.54, 1.807) is 0 Å². The highest BCUT2D eigenvalue weighted by Crippen LogP contribution is 2.24. The zero-order chi connectivity index (χ0) is 11.3. The number of nitrogens with one attached hydrogen (secondary N) is 2. The van der Waals surface area contributed by atoms with Gasteiger partial charge in [-0.25, -0.2) is 0 Å². The lowest BCUT2D eigenvalue weighted by Crippen LogP contribution is -2.43. The summed E-state index contributed by atoms with van der Waals surface area (Å²) in [5.41, 5.74) is -0.230. The molecule has 2 N–H and O–H groups in total. The average molecular weight is 214 g/mol. The summed E-state index contributed by atoms with van der Waals surface area (Å²) in [5.74, 6) is 0.138. The van der Waals surface area contributed by atoms with Gasteiger partial charge < -0.3 is 15.4 Å². The topological polar surface area (TPSA) is 50.4 Å². The molecular weight excluding hydrogens is 192 g/mol. The van der Waals surface area contributed by atoms with Gasteiger partial charge in [-0.05, 0) is 33.7 Å². The first-order chi connectivity index (χ1) is 7.08. The smallest absolute Gasteiger partial charge is 0.227 e. The van der Waals surface area contributed by atoms with Crippen LogP contribution in [0.4, 0.5) is 0 Å². The number of hydrogen-bond acceptors (Lipinski definition) is 3. The molecule has 1 aliphatic heterocycles. The zero-order valence-corrected chi connectivity index (χ0v) is 9.93. The van der Waals surface area contributed by atoms with Crippen molar-refractivity contribution in [1.29, 1.82) is 0 Å². The first-order valence-corrected chi connectivity index (χ1v) is 5.69. The number of ether oxygens (including phenoxy) is 1. The van der Waals surface area contributed by atoms with Gasteiger partial charge in [0, 0.05) is 19.7 Å². The van der Waals surface area contributed by atoms with Crippen LogP contribution in [0.1, 0.15) is 27.2 Å². The van der Waals surface area contributed by atoms with Crippen molar-refractivity contribution in [2.45, 2.75) is 33.3 Å². The van der Waals surface area contributed by atoms with E-state index >= 15 is 0 Å². The van der Waals surface area contributed by atoms with Crippen molar-refractivity contribution in [2.75, 3.05) is 26.2 Å². The minimum atomic E-state index is -0.230. The monoisotopic (exact) mass is 214 g/mol. The van der Waals surface area contributed by atoms with Crippen LogP contribution in [0.2, 0.25) is 0 Å². The molecule has 0 aliphatic carbocycles. The fraction of sp³-hybridized carbons (Fsp3) is 0.909. The minimum absolute atomic E-state index is 0.0944. The highest BCUT2D eigenvalue weighted by molar-refractivity contribution is 5.82. The molecule has 15 heavy (non-hydrogen) atoms. The summed E-state index contributed by atoms with van der Waals surface area (Å²) in [6, 6.07) is 0. The molecule has 4 heteroatoms. The summed E-state index contributed by atoms with van der Waals surface area (Å²) in [6.07, 6.45) is 1.01. The predicted molar refractivity (Wildman–Crippen MR) is 59.7 cm³/mol. The van der Waals surface area contributed by atoms with Crippen LogP contribution in [0.5, 0.6) is 0 Å². The third-order valence-corrected chi connectivity index (χ3v) is 2.92. The van der Waals surface area contributed by atoms with Gasteiger partial charge in [-0.2, -0.15) is 0 Å². The van der Waals surface area contributed by atoms with E-state index < -0.39 is 0 Å². The molecule has 0 aromatic heterocycles. The lowest BCUT2D eigenvalue weighted by Gasteiger charge is -2.22. The van der Waals surface area contributed by atoms with Gasteiger partial charge in [0.15, 0.2) is 0 Å². The summed E-state index contributed by atoms with van der Waals surface area (Å²) < 4.78 is 5.36. The molecule has 4 nitrogen and oxygen atoms in total. The van der Waals surface area contributed by atoms with Gasteiger partial charge in [-0.1, -0.05) is 0 Å². The minimum Gasteiger partial charge on any atom is -0.377 e. The Morgan fingerprint density at radius 2 is 2.40 bits per heavy atom. The molecule has 1 saturated heterocycles. The molecule has 0 aromatic carbocycles. The van der Waals surface area contributed by atoms with E-state index in [2.05, 4.69) is 10.6 Å². The zero-order valence-electron chi connectivity index (χ0n) is 9.93. The van der Waals surface area contributed by atoms with Crippen molar-refractivity contribution in [3.8, 4) is 0 Å². The van der Waals surface area contributed by atoms with Crippen molar-refractivity contribution >= 4 is 5.91 Å². The summed E-state index contributed by atoms with van der Waals surface area (Å²) in [6.45, 7) is 8.94. The molecule has 0 bridgehead atoms. The second kappa shape index (κ2) is 5.47. The Labute approximate surface area is 91.8 Å². The van der Waals surface area contributed by atoms with E-state index in [1.807, 2.05) is 20.8 Å². The highest BCUT2D eigenvalue weighted by Gasteiger charge is 2.36. The predicted octanol–water partition coefficient (Wildman–Crippen LogP) is 0.527. The van der Waals surface area contributed by atoms with E-state index in [-0.39, 0.29) is 17.4 Å². The van der Waals surface area contributed by atoms with Gasteiger partial charge in [0.1, 0.15) is 0 Å². The van der Waals surface area contributed by atoms with Crippen molar-refractivity contribution in [3.05, 3.63) is 0 Å². The lowest BCUT2D eigenvalue weighted by molar-refractivity contribution is -0.129. The summed E-state index contributed by atoms with van der Waals surface area (Å²) in [4.78, 5) is 11.9. The fourth-order valence-electron chi connectivity index (χ4n) is 1.80. The molecule has 1 aliphatic rings. The Morgan fingerprint density at radius 1 is 1.67 bits per heavy atom. The Morgan fingerprint density at radius 3 is 2.93 bits per heavy atom. The molecule has 1 rings (SSSR count). The fourth-order valence-corrected chi connectivity index (χ4v) is 1.80. The first-order valence-electron chi connectivity index (χ1n) is 5.69. The Bertz CT molecular complexity index is 213. The number of amides is 1. The van der Waals surface area contributed by atoms with Crippen molar-refractivity contribution in [1.82, 2.24) is 10.6 Å². The standard InChI is InChI=1S/C11H22N2O2/c1-4-15-9(2)7-13-10(14)11(3)5-6-12-8-11/h9,12H,4-8H2,1-3H3,(H,13,14). The Hall–Kier alpha value is -0.610. The van der Waals surface area contributed by atoms with Crippen molar-refractivity contribution < 1.29 is 9.53 Å². The molecular formula is C11H22N2O2. The van der Waals surface area contributed by atoms with Crippen LogP contribution < -0.4 is 10.6 Å². The summed E-state index contributed by atoms with van der Waals surface area (Å²) in [5, 5.41) is 6.16. The van der Waals surface area contributed by atoms with Gasteiger partial charge in [-0.15, -0.1) is 0 Å². The molecule has 1 fully saturated rings. The number of hydrogen-bond donors (Lipinski definition) is 2. The third kappa shape index (κ3) is 3.47. The van der Waals surface area contributed by atoms with Gasteiger partial charge in [0.2, 0.25) is 5.91 Å². The van der Waals surface area contributed by atoms with E-state index in [4.69, 9.17) is 4.74 Å². The van der Waals surface area contributed by atoms with Crippen LogP contribution in [-0.2, 0) is 9.53 Å². The van der Waals surface area contributed by atoms with E-state index in [9.17, 15) is 4.79 Å². The van der Waals surface area contributed by atoms with Gasteiger partial charge in [-0.3, -0.25) is 4.79 Å². The second-order valence-corrected chi connectivity index (χ2v) is 4.46. The van der Waals surface area contributed by atoms with Gasteiger partial charge in [0.25, 0.3) is 0 Å². The average Bonchev–Trinajstić information content (AvgIpc) is 2.63. The third-order valence-electron chi connectivity index (χ3n) is 2.92. The van der Waals surface area contributed by atoms with Crippen LogP contribution in [0.15, 0.2) is 0 Å².